The van der Waals surface area contributed by atoms with Gasteiger partial charge in [0.2, 0.25) is 0 Å². The Balaban J connectivity index is 1.59. The molecule has 0 saturated carbocycles. The number of rotatable bonds is 4. The minimum absolute atomic E-state index is 0.115. The van der Waals surface area contributed by atoms with E-state index in [0.717, 1.165) is 18.5 Å². The third-order valence-electron chi connectivity index (χ3n) is 3.78. The van der Waals surface area contributed by atoms with Crippen molar-refractivity contribution in [3.05, 3.63) is 36.2 Å². The minimum Gasteiger partial charge on any atom is -0.450 e. The molecule has 0 N–H and O–H groups in total. The Morgan fingerprint density at radius 2 is 2.27 bits per heavy atom. The van der Waals surface area contributed by atoms with Crippen molar-refractivity contribution in [2.45, 2.75) is 25.7 Å². The zero-order chi connectivity index (χ0) is 15.4. The number of oxazole rings is 1. The zero-order valence-electron chi connectivity index (χ0n) is 12.4. The van der Waals surface area contributed by atoms with Crippen molar-refractivity contribution in [2.24, 2.45) is 0 Å². The van der Waals surface area contributed by atoms with Crippen molar-refractivity contribution < 1.29 is 13.9 Å². The molecule has 0 aliphatic carbocycles. The Labute approximate surface area is 128 Å². The number of piperidine rings is 1. The lowest BCUT2D eigenvalue weighted by molar-refractivity contribution is 0.0705. The van der Waals surface area contributed by atoms with E-state index in [-0.39, 0.29) is 12.0 Å². The highest BCUT2D eigenvalue weighted by Gasteiger charge is 2.27. The molecule has 0 radical (unpaired) electrons. The number of hydrogen-bond donors (Lipinski definition) is 0. The first-order valence-corrected chi connectivity index (χ1v) is 7.41. The summed E-state index contributed by atoms with van der Waals surface area (Å²) < 4.78 is 10.2. The third kappa shape index (κ3) is 3.08. The van der Waals surface area contributed by atoms with E-state index in [1.165, 1.54) is 6.26 Å². The summed E-state index contributed by atoms with van der Waals surface area (Å²) in [6, 6.07) is 1.94. The first-order valence-electron chi connectivity index (χ1n) is 7.41. The smallest absolute Gasteiger partial charge is 0.394 e. The maximum absolute atomic E-state index is 12.4. The fourth-order valence-corrected chi connectivity index (χ4v) is 2.63. The Morgan fingerprint density at radius 3 is 2.95 bits per heavy atom. The van der Waals surface area contributed by atoms with Gasteiger partial charge in [-0.1, -0.05) is 0 Å². The van der Waals surface area contributed by atoms with Crippen molar-refractivity contribution in [3.63, 3.8) is 0 Å². The molecule has 0 atom stereocenters. The summed E-state index contributed by atoms with van der Waals surface area (Å²) in [7, 11) is 0. The van der Waals surface area contributed by atoms with Crippen molar-refractivity contribution >= 4 is 5.91 Å². The molecule has 2 aromatic rings. The summed E-state index contributed by atoms with van der Waals surface area (Å²) in [6.45, 7) is 3.66. The Kier molecular flexibility index (Phi) is 4.32. The molecule has 7 nitrogen and oxygen atoms in total. The molecule has 0 bridgehead atoms. The lowest BCUT2D eigenvalue weighted by atomic mass is 9.93. The van der Waals surface area contributed by atoms with Crippen LogP contribution in [-0.4, -0.2) is 45.5 Å². The lowest BCUT2D eigenvalue weighted by Gasteiger charge is -2.31. The molecule has 1 fully saturated rings. The van der Waals surface area contributed by atoms with Gasteiger partial charge in [-0.2, -0.15) is 4.98 Å². The molecule has 1 amide bonds. The van der Waals surface area contributed by atoms with E-state index in [1.54, 1.807) is 17.4 Å². The molecule has 3 rings (SSSR count). The number of carbonyl (C=O) groups excluding carboxylic acids is 1. The van der Waals surface area contributed by atoms with Crippen LogP contribution in [0.2, 0.25) is 0 Å². The van der Waals surface area contributed by atoms with Crippen LogP contribution in [0.3, 0.4) is 0 Å². The number of hydrogen-bond acceptors (Lipinski definition) is 6. The lowest BCUT2D eigenvalue weighted by Crippen LogP contribution is -2.38. The molecule has 0 aromatic carbocycles. The monoisotopic (exact) mass is 302 g/mol. The maximum atomic E-state index is 12.4. The number of aromatic nitrogens is 3. The highest BCUT2D eigenvalue weighted by molar-refractivity contribution is 5.92. The van der Waals surface area contributed by atoms with Gasteiger partial charge < -0.3 is 14.1 Å². The van der Waals surface area contributed by atoms with Crippen LogP contribution in [0.4, 0.5) is 0 Å². The van der Waals surface area contributed by atoms with Crippen molar-refractivity contribution in [1.82, 2.24) is 19.9 Å². The summed E-state index contributed by atoms with van der Waals surface area (Å²) in [5, 5.41) is 0. The first kappa shape index (κ1) is 14.5. The van der Waals surface area contributed by atoms with Gasteiger partial charge >= 0.3 is 6.08 Å². The van der Waals surface area contributed by atoms with Crippen LogP contribution < -0.4 is 4.74 Å². The fraction of sp³-hybridized carbons (Fsp3) is 0.467. The normalized spacial score (nSPS) is 15.8. The molecule has 22 heavy (non-hydrogen) atoms. The molecule has 1 aliphatic rings. The van der Waals surface area contributed by atoms with Crippen LogP contribution in [0.15, 0.2) is 29.3 Å². The second-order valence-electron chi connectivity index (χ2n) is 5.13. The first-order chi connectivity index (χ1) is 10.8. The second kappa shape index (κ2) is 6.55. The van der Waals surface area contributed by atoms with Gasteiger partial charge in [0.15, 0.2) is 5.69 Å². The molecule has 2 aromatic heterocycles. The number of nitrogens with zero attached hydrogens (tertiary/aromatic N) is 4. The topological polar surface area (TPSA) is 81.4 Å². The largest absolute Gasteiger partial charge is 0.450 e. The maximum Gasteiger partial charge on any atom is 0.394 e. The van der Waals surface area contributed by atoms with Crippen LogP contribution in [0.5, 0.6) is 6.08 Å². The van der Waals surface area contributed by atoms with E-state index in [4.69, 9.17) is 9.15 Å². The SMILES string of the molecule is CCOc1nc(C(=O)N2CCC(c3ccncn3)CC2)co1. The van der Waals surface area contributed by atoms with Gasteiger partial charge in [-0.05, 0) is 25.8 Å². The highest BCUT2D eigenvalue weighted by Crippen LogP contribution is 2.27. The molecule has 0 unspecified atom stereocenters. The van der Waals surface area contributed by atoms with E-state index in [0.29, 0.717) is 31.3 Å². The van der Waals surface area contributed by atoms with Gasteiger partial charge in [0.05, 0.1) is 6.61 Å². The summed E-state index contributed by atoms with van der Waals surface area (Å²) in [5.74, 6) is 0.263. The van der Waals surface area contributed by atoms with Crippen LogP contribution in [0.1, 0.15) is 41.9 Å². The molecule has 1 aliphatic heterocycles. The summed E-state index contributed by atoms with van der Waals surface area (Å²) in [4.78, 5) is 26.5. The van der Waals surface area contributed by atoms with E-state index in [2.05, 4.69) is 15.0 Å². The second-order valence-corrected chi connectivity index (χ2v) is 5.13. The highest BCUT2D eigenvalue weighted by atomic mass is 16.6. The van der Waals surface area contributed by atoms with Crippen LogP contribution >= 0.6 is 0 Å². The molecular formula is C15H18N4O3. The molecule has 1 saturated heterocycles. The molecule has 7 heteroatoms. The van der Waals surface area contributed by atoms with Crippen LogP contribution in [0.25, 0.3) is 0 Å². The van der Waals surface area contributed by atoms with Crippen molar-refractivity contribution in [2.75, 3.05) is 19.7 Å². The average Bonchev–Trinajstić information content (AvgIpc) is 3.04. The van der Waals surface area contributed by atoms with Crippen LogP contribution in [0, 0.1) is 0 Å². The molecule has 3 heterocycles. The van der Waals surface area contributed by atoms with Crippen LogP contribution in [-0.2, 0) is 0 Å². The van der Waals surface area contributed by atoms with Gasteiger partial charge in [0.1, 0.15) is 12.6 Å². The van der Waals surface area contributed by atoms with E-state index < -0.39 is 0 Å². The van der Waals surface area contributed by atoms with Gasteiger partial charge in [-0.25, -0.2) is 9.97 Å². The third-order valence-corrected chi connectivity index (χ3v) is 3.78. The van der Waals surface area contributed by atoms with E-state index in [1.807, 2.05) is 13.0 Å². The number of likely N-dealkylation sites (tertiary alicyclic amines) is 1. The Hall–Kier alpha value is -2.44. The van der Waals surface area contributed by atoms with Crippen molar-refractivity contribution in [3.8, 4) is 6.08 Å². The summed E-state index contributed by atoms with van der Waals surface area (Å²) >= 11 is 0. The predicted octanol–water partition coefficient (Wildman–Crippen LogP) is 1.88. The summed E-state index contributed by atoms with van der Waals surface area (Å²) in [6.07, 6.45) is 6.59. The van der Waals surface area contributed by atoms with E-state index >= 15 is 0 Å². The van der Waals surface area contributed by atoms with Crippen molar-refractivity contribution in [1.29, 1.82) is 0 Å². The fourth-order valence-electron chi connectivity index (χ4n) is 2.63. The molecule has 116 valence electrons. The standard InChI is InChI=1S/C15H18N4O3/c1-2-21-15-18-13(9-22-15)14(20)19-7-4-11(5-8-19)12-3-6-16-10-17-12/h3,6,9-11H,2,4-5,7-8H2,1H3. The van der Waals surface area contributed by atoms with Gasteiger partial charge in [0.25, 0.3) is 5.91 Å². The van der Waals surface area contributed by atoms with E-state index in [9.17, 15) is 4.79 Å². The predicted molar refractivity (Wildman–Crippen MR) is 77.6 cm³/mol. The summed E-state index contributed by atoms with van der Waals surface area (Å²) in [5.41, 5.74) is 1.34. The van der Waals surface area contributed by atoms with Gasteiger partial charge in [0, 0.05) is 30.9 Å². The number of ether oxygens (including phenoxy) is 1. The number of carbonyl (C=O) groups is 1. The molecule has 0 spiro atoms. The minimum atomic E-state index is -0.115. The van der Waals surface area contributed by atoms with Gasteiger partial charge in [-0.15, -0.1) is 0 Å². The number of amides is 1. The zero-order valence-corrected chi connectivity index (χ0v) is 12.4. The molecular weight excluding hydrogens is 284 g/mol. The Bertz CT molecular complexity index is 621. The quantitative estimate of drug-likeness (QED) is 0.857. The average molecular weight is 302 g/mol. The van der Waals surface area contributed by atoms with Gasteiger partial charge in [-0.3, -0.25) is 4.79 Å². The Morgan fingerprint density at radius 1 is 1.45 bits per heavy atom.